The van der Waals surface area contributed by atoms with Crippen molar-refractivity contribution in [2.45, 2.75) is 11.3 Å². The molecule has 0 fully saturated rings. The van der Waals surface area contributed by atoms with Crippen LogP contribution in [-0.4, -0.2) is 18.5 Å². The minimum Gasteiger partial charge on any atom is -0.505 e. The Bertz CT molecular complexity index is 493. The summed E-state index contributed by atoms with van der Waals surface area (Å²) >= 11 is 1.52. The van der Waals surface area contributed by atoms with Crippen molar-refractivity contribution >= 4 is 42.3 Å². The van der Waals surface area contributed by atoms with Gasteiger partial charge in [-0.15, -0.1) is 0 Å². The number of alkyl halides is 2. The van der Waals surface area contributed by atoms with Gasteiger partial charge < -0.3 is 5.11 Å². The van der Waals surface area contributed by atoms with Gasteiger partial charge in [-0.3, -0.25) is 4.98 Å². The SMILES string of the molecule is O=S(=O)(Cl)c1c(I)cnc(C(F)F)c1O. The van der Waals surface area contributed by atoms with Crippen LogP contribution >= 0.6 is 33.3 Å². The molecule has 0 aliphatic heterocycles. The number of hydrogen-bond acceptors (Lipinski definition) is 4. The summed E-state index contributed by atoms with van der Waals surface area (Å²) in [6.07, 6.45) is -2.17. The second-order valence-electron chi connectivity index (χ2n) is 2.41. The number of nitrogens with zero attached hydrogens (tertiary/aromatic N) is 1. The molecule has 0 bridgehead atoms. The predicted octanol–water partition coefficient (Wildman–Crippen LogP) is 2.26. The molecule has 1 rings (SSSR count). The molecule has 0 saturated heterocycles. The third-order valence-corrected chi connectivity index (χ3v) is 3.99. The topological polar surface area (TPSA) is 67.3 Å². The van der Waals surface area contributed by atoms with Crippen LogP contribution in [0.4, 0.5) is 8.78 Å². The molecule has 0 saturated carbocycles. The van der Waals surface area contributed by atoms with E-state index in [0.717, 1.165) is 6.20 Å². The van der Waals surface area contributed by atoms with E-state index in [4.69, 9.17) is 10.7 Å². The first-order chi connectivity index (χ1) is 6.75. The molecule has 0 spiro atoms. The van der Waals surface area contributed by atoms with Gasteiger partial charge in [-0.1, -0.05) is 0 Å². The molecule has 0 radical (unpaired) electrons. The highest BCUT2D eigenvalue weighted by Crippen LogP contribution is 2.36. The summed E-state index contributed by atoms with van der Waals surface area (Å²) in [7, 11) is 0.702. The van der Waals surface area contributed by atoms with Gasteiger partial charge >= 0.3 is 0 Å². The summed E-state index contributed by atoms with van der Waals surface area (Å²) in [5.41, 5.74) is -1.00. The second kappa shape index (κ2) is 4.34. The van der Waals surface area contributed by atoms with E-state index < -0.39 is 31.8 Å². The standard InChI is InChI=1S/C6H3ClF2INO3S/c7-15(13,14)5-2(10)1-11-3(4(5)12)6(8)9/h1,6,12H. The van der Waals surface area contributed by atoms with Crippen molar-refractivity contribution in [3.8, 4) is 5.75 Å². The first-order valence-electron chi connectivity index (χ1n) is 3.35. The zero-order valence-electron chi connectivity index (χ0n) is 6.79. The third-order valence-electron chi connectivity index (χ3n) is 1.44. The Labute approximate surface area is 102 Å². The van der Waals surface area contributed by atoms with Gasteiger partial charge in [0.25, 0.3) is 15.5 Å². The van der Waals surface area contributed by atoms with Gasteiger partial charge in [0, 0.05) is 16.9 Å². The van der Waals surface area contributed by atoms with Gasteiger partial charge in [0.2, 0.25) is 0 Å². The molecule has 1 N–H and O–H groups in total. The summed E-state index contributed by atoms with van der Waals surface area (Å²) in [5.74, 6) is -1.10. The van der Waals surface area contributed by atoms with E-state index in [1.54, 1.807) is 0 Å². The maximum atomic E-state index is 12.3. The summed E-state index contributed by atoms with van der Waals surface area (Å²) in [5, 5.41) is 9.26. The first kappa shape index (κ1) is 12.8. The first-order valence-corrected chi connectivity index (χ1v) is 6.74. The average molecular weight is 370 g/mol. The summed E-state index contributed by atoms with van der Waals surface area (Å²) in [6.45, 7) is 0. The lowest BCUT2D eigenvalue weighted by Crippen LogP contribution is -2.01. The maximum absolute atomic E-state index is 12.3. The molecule has 0 aliphatic rings. The van der Waals surface area contributed by atoms with Crippen LogP contribution in [0.3, 0.4) is 0 Å². The monoisotopic (exact) mass is 369 g/mol. The molecule has 0 amide bonds. The summed E-state index contributed by atoms with van der Waals surface area (Å²) < 4.78 is 46.5. The molecule has 1 aromatic rings. The van der Waals surface area contributed by atoms with Gasteiger partial charge in [0.05, 0.1) is 3.57 Å². The second-order valence-corrected chi connectivity index (χ2v) is 6.07. The van der Waals surface area contributed by atoms with Crippen molar-refractivity contribution in [3.63, 3.8) is 0 Å². The van der Waals surface area contributed by atoms with E-state index in [2.05, 4.69) is 4.98 Å². The van der Waals surface area contributed by atoms with Crippen molar-refractivity contribution in [2.24, 2.45) is 0 Å². The summed E-state index contributed by atoms with van der Waals surface area (Å²) in [4.78, 5) is 2.48. The van der Waals surface area contributed by atoms with Crippen molar-refractivity contribution < 1.29 is 22.3 Å². The summed E-state index contributed by atoms with van der Waals surface area (Å²) in [6, 6.07) is 0. The quantitative estimate of drug-likeness (QED) is 0.641. The van der Waals surface area contributed by atoms with Gasteiger partial charge in [0.15, 0.2) is 5.75 Å². The molecule has 0 aliphatic carbocycles. The van der Waals surface area contributed by atoms with Gasteiger partial charge in [-0.25, -0.2) is 17.2 Å². The fourth-order valence-electron chi connectivity index (χ4n) is 0.867. The number of aromatic hydroxyl groups is 1. The molecule has 9 heteroatoms. The number of rotatable bonds is 2. The number of aromatic nitrogens is 1. The molecule has 0 atom stereocenters. The molecular weight excluding hydrogens is 366 g/mol. The van der Waals surface area contributed by atoms with Crippen LogP contribution in [0.5, 0.6) is 5.75 Å². The van der Waals surface area contributed by atoms with E-state index in [0.29, 0.717) is 0 Å². The number of hydrogen-bond donors (Lipinski definition) is 1. The zero-order valence-corrected chi connectivity index (χ0v) is 10.5. The van der Waals surface area contributed by atoms with E-state index in [1.165, 1.54) is 22.6 Å². The molecular formula is C6H3ClF2INO3S. The molecule has 0 aromatic carbocycles. The average Bonchev–Trinajstić information content (AvgIpc) is 2.00. The van der Waals surface area contributed by atoms with Crippen LogP contribution < -0.4 is 0 Å². The number of pyridine rings is 1. The zero-order chi connectivity index (χ0) is 11.8. The van der Waals surface area contributed by atoms with E-state index in [1.807, 2.05) is 0 Å². The number of halogens is 4. The Morgan fingerprint density at radius 1 is 1.53 bits per heavy atom. The van der Waals surface area contributed by atoms with Gasteiger partial charge in [-0.2, -0.15) is 0 Å². The van der Waals surface area contributed by atoms with Crippen molar-refractivity contribution in [3.05, 3.63) is 15.5 Å². The molecule has 4 nitrogen and oxygen atoms in total. The Kier molecular flexibility index (Phi) is 3.71. The van der Waals surface area contributed by atoms with Crippen LogP contribution in [0.15, 0.2) is 11.1 Å². The van der Waals surface area contributed by atoms with Crippen LogP contribution in [0, 0.1) is 3.57 Å². The smallest absolute Gasteiger partial charge is 0.284 e. The minimum atomic E-state index is -4.28. The lowest BCUT2D eigenvalue weighted by atomic mass is 10.3. The van der Waals surface area contributed by atoms with Gasteiger partial charge in [0.1, 0.15) is 10.6 Å². The molecule has 84 valence electrons. The minimum absolute atomic E-state index is 0.0236. The van der Waals surface area contributed by atoms with Crippen LogP contribution in [-0.2, 0) is 9.05 Å². The van der Waals surface area contributed by atoms with Crippen LogP contribution in [0.25, 0.3) is 0 Å². The van der Waals surface area contributed by atoms with E-state index in [9.17, 15) is 22.3 Å². The maximum Gasteiger partial charge on any atom is 0.284 e. The van der Waals surface area contributed by atoms with Crippen molar-refractivity contribution in [2.75, 3.05) is 0 Å². The van der Waals surface area contributed by atoms with Crippen LogP contribution in [0.1, 0.15) is 12.1 Å². The van der Waals surface area contributed by atoms with Crippen molar-refractivity contribution in [1.29, 1.82) is 0 Å². The molecule has 0 unspecified atom stereocenters. The molecule has 1 heterocycles. The molecule has 15 heavy (non-hydrogen) atoms. The van der Waals surface area contributed by atoms with Gasteiger partial charge in [-0.05, 0) is 22.6 Å². The normalized spacial score (nSPS) is 12.1. The lowest BCUT2D eigenvalue weighted by Gasteiger charge is -2.07. The van der Waals surface area contributed by atoms with Crippen LogP contribution in [0.2, 0.25) is 0 Å². The Balaban J connectivity index is 3.59. The fraction of sp³-hybridized carbons (Fsp3) is 0.167. The molecule has 1 aromatic heterocycles. The highest BCUT2D eigenvalue weighted by molar-refractivity contribution is 14.1. The van der Waals surface area contributed by atoms with Crippen molar-refractivity contribution in [1.82, 2.24) is 4.98 Å². The fourth-order valence-corrected chi connectivity index (χ4v) is 3.61. The Morgan fingerprint density at radius 2 is 2.07 bits per heavy atom. The highest BCUT2D eigenvalue weighted by Gasteiger charge is 2.26. The Morgan fingerprint density at radius 3 is 2.47 bits per heavy atom. The largest absolute Gasteiger partial charge is 0.505 e. The van der Waals surface area contributed by atoms with E-state index >= 15 is 0 Å². The highest BCUT2D eigenvalue weighted by atomic mass is 127. The van der Waals surface area contributed by atoms with E-state index in [-0.39, 0.29) is 3.57 Å². The predicted molar refractivity (Wildman–Crippen MR) is 56.6 cm³/mol. The third kappa shape index (κ3) is 2.67. The Hall–Kier alpha value is -0.220. The lowest BCUT2D eigenvalue weighted by molar-refractivity contribution is 0.141.